The Labute approximate surface area is 168 Å². The van der Waals surface area contributed by atoms with Crippen molar-refractivity contribution in [3.05, 3.63) is 64.2 Å². The number of rotatable bonds is 4. The molecule has 1 N–H and O–H groups in total. The third kappa shape index (κ3) is 4.08. The fraction of sp³-hybridized carbons (Fsp3) is 0.125. The van der Waals surface area contributed by atoms with Crippen molar-refractivity contribution in [3.8, 4) is 5.82 Å². The summed E-state index contributed by atoms with van der Waals surface area (Å²) < 4.78 is 67.1. The van der Waals surface area contributed by atoms with Gasteiger partial charge < -0.3 is 0 Å². The molecule has 0 aliphatic rings. The van der Waals surface area contributed by atoms with Crippen molar-refractivity contribution in [1.29, 1.82) is 0 Å². The summed E-state index contributed by atoms with van der Waals surface area (Å²) in [5, 5.41) is -0.269. The number of pyridine rings is 1. The van der Waals surface area contributed by atoms with E-state index in [9.17, 15) is 21.6 Å². The lowest BCUT2D eigenvalue weighted by molar-refractivity contribution is -0.137. The van der Waals surface area contributed by atoms with Gasteiger partial charge in [-0.15, -0.1) is 0 Å². The monoisotopic (exact) mass is 450 g/mol. The average molecular weight is 451 g/mol. The lowest BCUT2D eigenvalue weighted by Crippen LogP contribution is -2.17. The molecular formula is C16H11Cl2F3N4O2S. The van der Waals surface area contributed by atoms with E-state index in [2.05, 4.69) is 14.7 Å². The van der Waals surface area contributed by atoms with Crippen LogP contribution >= 0.6 is 23.2 Å². The molecule has 0 amide bonds. The summed E-state index contributed by atoms with van der Waals surface area (Å²) in [5.74, 6) is -0.208. The van der Waals surface area contributed by atoms with Gasteiger partial charge in [-0.05, 0) is 36.8 Å². The molecule has 3 rings (SSSR count). The summed E-state index contributed by atoms with van der Waals surface area (Å²) in [5.41, 5.74) is -0.149. The first-order valence-electron chi connectivity index (χ1n) is 7.53. The lowest BCUT2D eigenvalue weighted by atomic mass is 10.2. The molecule has 0 bridgehead atoms. The highest BCUT2D eigenvalue weighted by atomic mass is 35.5. The number of hydrogen-bond acceptors (Lipinski definition) is 4. The minimum absolute atomic E-state index is 0.208. The summed E-state index contributed by atoms with van der Waals surface area (Å²) in [6.07, 6.45) is -1.95. The summed E-state index contributed by atoms with van der Waals surface area (Å²) >= 11 is 11.8. The van der Waals surface area contributed by atoms with E-state index in [1.165, 1.54) is 18.2 Å². The Hall–Kier alpha value is -2.30. The Morgan fingerprint density at radius 1 is 1.11 bits per heavy atom. The molecule has 2 aromatic heterocycles. The fourth-order valence-corrected chi connectivity index (χ4v) is 3.83. The first-order valence-corrected chi connectivity index (χ1v) is 9.77. The highest BCUT2D eigenvalue weighted by Crippen LogP contribution is 2.32. The maximum absolute atomic E-state index is 12.8. The molecule has 0 spiro atoms. The van der Waals surface area contributed by atoms with E-state index in [4.69, 9.17) is 23.2 Å². The van der Waals surface area contributed by atoms with Gasteiger partial charge in [-0.1, -0.05) is 23.2 Å². The maximum atomic E-state index is 12.8. The molecule has 0 saturated heterocycles. The van der Waals surface area contributed by atoms with Crippen molar-refractivity contribution >= 4 is 38.9 Å². The standard InChI is InChI=1S/C16H11Cl2F3N4O2S/c1-9-4-11(2-3-12(9)17)24-28(26,27)14-7-22-8-25(14)15-13(18)5-10(6-23-15)16(19,20)21/h2-8,24H,1H3. The van der Waals surface area contributed by atoms with E-state index in [0.717, 1.165) is 17.1 Å². The van der Waals surface area contributed by atoms with Gasteiger partial charge in [0.1, 0.15) is 6.33 Å². The summed E-state index contributed by atoms with van der Waals surface area (Å²) in [7, 11) is -4.15. The van der Waals surface area contributed by atoms with Crippen LogP contribution in [0.5, 0.6) is 0 Å². The number of nitrogens with one attached hydrogen (secondary N) is 1. The van der Waals surface area contributed by atoms with Gasteiger partial charge in [-0.25, -0.2) is 9.97 Å². The van der Waals surface area contributed by atoms with Crippen molar-refractivity contribution in [3.63, 3.8) is 0 Å². The number of aromatic nitrogens is 3. The number of sulfonamides is 1. The molecule has 28 heavy (non-hydrogen) atoms. The van der Waals surface area contributed by atoms with Crippen molar-refractivity contribution in [2.75, 3.05) is 4.72 Å². The molecule has 0 radical (unpaired) electrons. The predicted octanol–water partition coefficient (Wildman–Crippen LogP) is 4.70. The SMILES string of the molecule is Cc1cc(NS(=O)(=O)c2cncn2-c2ncc(C(F)(F)F)cc2Cl)ccc1Cl. The highest BCUT2D eigenvalue weighted by molar-refractivity contribution is 7.92. The van der Waals surface area contributed by atoms with Crippen LogP contribution in [-0.4, -0.2) is 23.0 Å². The molecule has 0 aliphatic heterocycles. The highest BCUT2D eigenvalue weighted by Gasteiger charge is 2.32. The Morgan fingerprint density at radius 2 is 1.82 bits per heavy atom. The second-order valence-electron chi connectivity index (χ2n) is 5.70. The number of alkyl halides is 3. The Morgan fingerprint density at radius 3 is 2.43 bits per heavy atom. The zero-order valence-electron chi connectivity index (χ0n) is 14.0. The summed E-state index contributed by atoms with van der Waals surface area (Å²) in [6.45, 7) is 1.70. The number of halogens is 5. The smallest absolute Gasteiger partial charge is 0.278 e. The average Bonchev–Trinajstić information content (AvgIpc) is 3.07. The number of nitrogens with zero attached hydrogens (tertiary/aromatic N) is 3. The quantitative estimate of drug-likeness (QED) is 0.624. The first-order chi connectivity index (χ1) is 13.0. The Kier molecular flexibility index (Phi) is 5.30. The van der Waals surface area contributed by atoms with Crippen LogP contribution < -0.4 is 4.72 Å². The van der Waals surface area contributed by atoms with Crippen LogP contribution in [0.15, 0.2) is 48.0 Å². The van der Waals surface area contributed by atoms with E-state index in [1.54, 1.807) is 6.92 Å². The first kappa shape index (κ1) is 20.4. The van der Waals surface area contributed by atoms with E-state index in [0.29, 0.717) is 22.8 Å². The second-order valence-corrected chi connectivity index (χ2v) is 8.14. The van der Waals surface area contributed by atoms with Crippen LogP contribution in [0.2, 0.25) is 10.0 Å². The minimum Gasteiger partial charge on any atom is -0.278 e. The van der Waals surface area contributed by atoms with E-state index in [1.807, 2.05) is 0 Å². The van der Waals surface area contributed by atoms with Gasteiger partial charge in [0.2, 0.25) is 0 Å². The van der Waals surface area contributed by atoms with Crippen LogP contribution in [0.1, 0.15) is 11.1 Å². The molecule has 0 saturated carbocycles. The molecule has 0 unspecified atom stereocenters. The molecular weight excluding hydrogens is 440 g/mol. The number of anilines is 1. The molecule has 0 atom stereocenters. The van der Waals surface area contributed by atoms with Gasteiger partial charge in [0.15, 0.2) is 10.8 Å². The van der Waals surface area contributed by atoms with Gasteiger partial charge >= 0.3 is 6.18 Å². The van der Waals surface area contributed by atoms with Crippen LogP contribution in [0.3, 0.4) is 0 Å². The minimum atomic E-state index is -4.63. The van der Waals surface area contributed by atoms with Crippen LogP contribution in [0.4, 0.5) is 18.9 Å². The zero-order valence-corrected chi connectivity index (χ0v) is 16.3. The predicted molar refractivity (Wildman–Crippen MR) is 98.4 cm³/mol. The molecule has 148 valence electrons. The zero-order chi connectivity index (χ0) is 20.7. The lowest BCUT2D eigenvalue weighted by Gasteiger charge is -2.13. The number of hydrogen-bond donors (Lipinski definition) is 1. The third-order valence-electron chi connectivity index (χ3n) is 3.67. The molecule has 2 heterocycles. The Balaban J connectivity index is 2.00. The van der Waals surface area contributed by atoms with Gasteiger partial charge in [-0.2, -0.15) is 21.6 Å². The third-order valence-corrected chi connectivity index (χ3v) is 5.73. The van der Waals surface area contributed by atoms with E-state index in [-0.39, 0.29) is 21.6 Å². The number of benzene rings is 1. The summed E-state index contributed by atoms with van der Waals surface area (Å²) in [6, 6.07) is 5.19. The maximum Gasteiger partial charge on any atom is 0.417 e. The summed E-state index contributed by atoms with van der Waals surface area (Å²) in [4.78, 5) is 7.41. The van der Waals surface area contributed by atoms with Crippen LogP contribution in [0, 0.1) is 6.92 Å². The van der Waals surface area contributed by atoms with Crippen molar-refractivity contribution in [1.82, 2.24) is 14.5 Å². The van der Waals surface area contributed by atoms with Gasteiger partial charge in [-0.3, -0.25) is 9.29 Å². The van der Waals surface area contributed by atoms with Crippen LogP contribution in [-0.2, 0) is 16.2 Å². The van der Waals surface area contributed by atoms with Crippen molar-refractivity contribution in [2.24, 2.45) is 0 Å². The van der Waals surface area contributed by atoms with Crippen molar-refractivity contribution in [2.45, 2.75) is 18.1 Å². The molecule has 0 fully saturated rings. The molecule has 3 aromatic rings. The van der Waals surface area contributed by atoms with Crippen LogP contribution in [0.25, 0.3) is 5.82 Å². The molecule has 6 nitrogen and oxygen atoms in total. The van der Waals surface area contributed by atoms with E-state index < -0.39 is 21.8 Å². The normalized spacial score (nSPS) is 12.2. The number of aryl methyl sites for hydroxylation is 1. The molecule has 0 aliphatic carbocycles. The molecule has 12 heteroatoms. The van der Waals surface area contributed by atoms with Gasteiger partial charge in [0.05, 0.1) is 16.8 Å². The topological polar surface area (TPSA) is 76.9 Å². The number of imidazole rings is 1. The molecule has 1 aromatic carbocycles. The second kappa shape index (κ2) is 7.26. The fourth-order valence-electron chi connectivity index (χ4n) is 2.32. The largest absolute Gasteiger partial charge is 0.417 e. The van der Waals surface area contributed by atoms with Gasteiger partial charge in [0.25, 0.3) is 10.0 Å². The van der Waals surface area contributed by atoms with Gasteiger partial charge in [0, 0.05) is 16.9 Å². The Bertz CT molecular complexity index is 1150. The van der Waals surface area contributed by atoms with Crippen molar-refractivity contribution < 1.29 is 21.6 Å². The van der Waals surface area contributed by atoms with E-state index >= 15 is 0 Å².